The van der Waals surface area contributed by atoms with Gasteiger partial charge in [-0.1, -0.05) is 12.5 Å². The zero-order valence-electron chi connectivity index (χ0n) is 24.3. The van der Waals surface area contributed by atoms with Crippen molar-refractivity contribution in [3.05, 3.63) is 54.5 Å². The van der Waals surface area contributed by atoms with E-state index in [9.17, 15) is 30.8 Å². The Bertz CT molecular complexity index is 1730. The summed E-state index contributed by atoms with van der Waals surface area (Å²) < 4.78 is 86.3. The smallest absolute Gasteiger partial charge is 0.394 e. The quantitative estimate of drug-likeness (QED) is 0.184. The van der Waals surface area contributed by atoms with Gasteiger partial charge in [-0.3, -0.25) is 9.20 Å². The molecule has 1 aliphatic heterocycles. The number of aromatic nitrogens is 2. The molecule has 44 heavy (non-hydrogen) atoms. The van der Waals surface area contributed by atoms with E-state index >= 15 is 0 Å². The molecule has 0 radical (unpaired) electrons. The average Bonchev–Trinajstić information content (AvgIpc) is 3.27. The summed E-state index contributed by atoms with van der Waals surface area (Å²) in [6.07, 6.45) is -3.42. The molecule has 2 atom stereocenters. The molecule has 0 aliphatic carbocycles. The molecule has 4 rings (SSSR count). The first-order valence-corrected chi connectivity index (χ1v) is 15.3. The Kier molecular flexibility index (Phi) is 9.75. The Hall–Kier alpha value is -4.29. The highest BCUT2D eigenvalue weighted by atomic mass is 32.2. The number of ether oxygens (including phenoxy) is 1. The predicted octanol–water partition coefficient (Wildman–Crippen LogP) is 3.89. The molecule has 0 unspecified atom stereocenters. The van der Waals surface area contributed by atoms with Crippen molar-refractivity contribution >= 4 is 38.5 Å². The summed E-state index contributed by atoms with van der Waals surface area (Å²) in [5, 5.41) is 8.59. The highest BCUT2D eigenvalue weighted by Crippen LogP contribution is 2.31. The monoisotopic (exact) mass is 636 g/mol. The van der Waals surface area contributed by atoms with E-state index in [1.807, 2.05) is 4.90 Å². The molecule has 1 amide bonds. The molecule has 1 aliphatic rings. The van der Waals surface area contributed by atoms with Crippen molar-refractivity contribution in [2.75, 3.05) is 56.0 Å². The molecule has 2 aromatic heterocycles. The summed E-state index contributed by atoms with van der Waals surface area (Å²) in [5.74, 6) is 5.11. The maximum atomic E-state index is 14.9. The summed E-state index contributed by atoms with van der Waals surface area (Å²) in [4.78, 5) is 18.3. The van der Waals surface area contributed by atoms with Gasteiger partial charge in [0.05, 0.1) is 53.8 Å². The van der Waals surface area contributed by atoms with Gasteiger partial charge in [0.15, 0.2) is 15.5 Å². The largest absolute Gasteiger partial charge is 0.495 e. The van der Waals surface area contributed by atoms with Crippen LogP contribution in [0.3, 0.4) is 0 Å². The van der Waals surface area contributed by atoms with Gasteiger partial charge in [0.25, 0.3) is 0 Å². The second-order valence-electron chi connectivity index (χ2n) is 10.3. The first-order chi connectivity index (χ1) is 20.7. The lowest BCUT2D eigenvalue weighted by molar-refractivity contribution is -0.128. The number of halogens is 4. The second kappa shape index (κ2) is 13.1. The van der Waals surface area contributed by atoms with Crippen LogP contribution >= 0.6 is 0 Å². The third-order valence-corrected chi connectivity index (χ3v) is 8.01. The summed E-state index contributed by atoms with van der Waals surface area (Å²) in [6, 6.07) is 5.08. The van der Waals surface area contributed by atoms with Crippen LogP contribution in [0, 0.1) is 11.8 Å². The fourth-order valence-electron chi connectivity index (χ4n) is 4.75. The molecule has 15 heteroatoms. The molecular weight excluding hydrogens is 604 g/mol. The number of alkyl halides is 4. The number of nitrogens with one attached hydrogen (secondary N) is 3. The Morgan fingerprint density at radius 3 is 2.66 bits per heavy atom. The number of hydrogen-bond acceptors (Lipinski definition) is 8. The molecule has 236 valence electrons. The Balaban J connectivity index is 1.72. The van der Waals surface area contributed by atoms with E-state index in [-0.39, 0.29) is 52.1 Å². The minimum Gasteiger partial charge on any atom is -0.495 e. The van der Waals surface area contributed by atoms with Gasteiger partial charge in [0.1, 0.15) is 17.6 Å². The maximum Gasteiger partial charge on any atom is 0.394 e. The van der Waals surface area contributed by atoms with Gasteiger partial charge >= 0.3 is 6.18 Å². The summed E-state index contributed by atoms with van der Waals surface area (Å²) in [7, 11) is -0.306. The minimum absolute atomic E-state index is 0.0429. The van der Waals surface area contributed by atoms with Crippen LogP contribution in [0.25, 0.3) is 5.65 Å². The van der Waals surface area contributed by atoms with Crippen LogP contribution in [0.4, 0.5) is 34.6 Å². The molecule has 3 aromatic rings. The fraction of sp³-hybridized carbons (Fsp3) is 0.379. The predicted molar refractivity (Wildman–Crippen MR) is 160 cm³/mol. The highest BCUT2D eigenvalue weighted by Gasteiger charge is 2.33. The number of piperidine rings is 1. The van der Waals surface area contributed by atoms with E-state index < -0.39 is 40.6 Å². The zero-order chi connectivity index (χ0) is 32.2. The number of amides is 1. The lowest BCUT2D eigenvalue weighted by Crippen LogP contribution is -2.46. The van der Waals surface area contributed by atoms with E-state index in [0.29, 0.717) is 18.7 Å². The molecule has 0 spiro atoms. The third-order valence-electron chi connectivity index (χ3n) is 6.90. The number of pyridine rings is 1. The number of imidazole rings is 1. The topological polar surface area (TPSA) is 117 Å². The van der Waals surface area contributed by atoms with E-state index in [1.54, 1.807) is 7.05 Å². The van der Waals surface area contributed by atoms with Crippen molar-refractivity contribution in [3.8, 4) is 17.6 Å². The van der Waals surface area contributed by atoms with Crippen LogP contribution < -0.4 is 20.7 Å². The number of carbonyl (C=O) groups excluding carboxylic acids is 1. The van der Waals surface area contributed by atoms with Crippen molar-refractivity contribution < 1.29 is 35.5 Å². The van der Waals surface area contributed by atoms with Crippen molar-refractivity contribution in [2.45, 2.75) is 36.1 Å². The number of sulfone groups is 1. The van der Waals surface area contributed by atoms with Crippen molar-refractivity contribution in [3.63, 3.8) is 0 Å². The number of benzene rings is 1. The van der Waals surface area contributed by atoms with Crippen LogP contribution in [-0.4, -0.2) is 87.0 Å². The van der Waals surface area contributed by atoms with Crippen LogP contribution in [0.2, 0.25) is 0 Å². The van der Waals surface area contributed by atoms with Crippen molar-refractivity contribution in [2.24, 2.45) is 0 Å². The average molecular weight is 637 g/mol. The number of carbonyl (C=O) groups is 1. The van der Waals surface area contributed by atoms with E-state index in [2.05, 4.69) is 39.4 Å². The number of hydrogen-bond donors (Lipinski definition) is 3. The number of fused-ring (bicyclic) bond motifs is 1. The van der Waals surface area contributed by atoms with Crippen LogP contribution in [-0.2, 0) is 21.1 Å². The van der Waals surface area contributed by atoms with E-state index in [1.165, 1.54) is 42.0 Å². The van der Waals surface area contributed by atoms with Crippen molar-refractivity contribution in [1.82, 2.24) is 14.3 Å². The molecule has 1 fully saturated rings. The molecule has 10 nitrogen and oxygen atoms in total. The third kappa shape index (κ3) is 8.00. The second-order valence-corrected chi connectivity index (χ2v) is 12.4. The number of likely N-dealkylation sites (tertiary alicyclic amines) is 1. The Morgan fingerprint density at radius 2 is 2.02 bits per heavy atom. The van der Waals surface area contributed by atoms with Gasteiger partial charge in [-0.2, -0.15) is 13.2 Å². The van der Waals surface area contributed by atoms with Gasteiger partial charge in [-0.15, -0.1) is 0 Å². The number of anilines is 3. The van der Waals surface area contributed by atoms with E-state index in [4.69, 9.17) is 4.74 Å². The standard InChI is InChI=1S/C29H32F4N6O4S/c1-5-27(40)35-18-13-24(36-21-10-12-38(2)17-20(21)30)28-37-22(25(39(28)16-18)15-29(31,32)33)7-6-11-34-23-9-8-19(44(4,41)42)14-26(23)43-3/h5,8-9,13-14,16,20-21,34,36H,1,10-12,15,17H2,2-4H3,(H,35,40)/t20-,21+/m0/s1. The number of rotatable bonds is 9. The fourth-order valence-corrected chi connectivity index (χ4v) is 5.39. The summed E-state index contributed by atoms with van der Waals surface area (Å²) in [5.41, 5.74) is 0.469. The van der Waals surface area contributed by atoms with Gasteiger partial charge < -0.3 is 25.6 Å². The molecule has 3 heterocycles. The Morgan fingerprint density at radius 1 is 1.27 bits per heavy atom. The minimum atomic E-state index is -4.62. The van der Waals surface area contributed by atoms with Gasteiger partial charge in [0.2, 0.25) is 5.91 Å². The first-order valence-electron chi connectivity index (χ1n) is 13.4. The number of nitrogens with zero attached hydrogens (tertiary/aromatic N) is 3. The van der Waals surface area contributed by atoms with Crippen LogP contribution in [0.1, 0.15) is 17.8 Å². The molecule has 1 aromatic carbocycles. The van der Waals surface area contributed by atoms with Gasteiger partial charge in [-0.25, -0.2) is 17.8 Å². The Labute approximate surface area is 252 Å². The van der Waals surface area contributed by atoms with Gasteiger partial charge in [0, 0.05) is 31.6 Å². The van der Waals surface area contributed by atoms with Crippen molar-refractivity contribution in [1.29, 1.82) is 0 Å². The van der Waals surface area contributed by atoms with Crippen LogP contribution in [0.5, 0.6) is 5.75 Å². The normalized spacial score (nSPS) is 17.4. The zero-order valence-corrected chi connectivity index (χ0v) is 25.1. The SMILES string of the molecule is C=CC(=O)Nc1cc(N[C@@H]2CCN(C)C[C@@H]2F)c2nc(C#CCNc3ccc(S(C)(=O)=O)cc3OC)c(CC(F)(F)F)n2c1. The molecule has 0 saturated carbocycles. The molecule has 3 N–H and O–H groups in total. The van der Waals surface area contributed by atoms with Gasteiger partial charge in [-0.05, 0) is 43.7 Å². The van der Waals surface area contributed by atoms with E-state index in [0.717, 1.165) is 12.3 Å². The summed E-state index contributed by atoms with van der Waals surface area (Å²) >= 11 is 0. The molecule has 0 bridgehead atoms. The summed E-state index contributed by atoms with van der Waals surface area (Å²) in [6.45, 7) is 4.15. The highest BCUT2D eigenvalue weighted by molar-refractivity contribution is 7.90. The lowest BCUT2D eigenvalue weighted by atomic mass is 10.0. The van der Waals surface area contributed by atoms with Crippen LogP contribution in [0.15, 0.2) is 48.0 Å². The number of methoxy groups -OCH3 is 1. The maximum absolute atomic E-state index is 14.9. The molecular formula is C29H32F4N6O4S. The first kappa shape index (κ1) is 32.6. The molecule has 1 saturated heterocycles. The lowest BCUT2D eigenvalue weighted by Gasteiger charge is -2.33.